The normalized spacial score (nSPS) is 29.6. The van der Waals surface area contributed by atoms with E-state index < -0.39 is 0 Å². The van der Waals surface area contributed by atoms with Crippen LogP contribution in [0.1, 0.15) is 44.6 Å². The minimum absolute atomic E-state index is 0.227. The third-order valence-corrected chi connectivity index (χ3v) is 4.76. The Labute approximate surface area is 115 Å². The van der Waals surface area contributed by atoms with Crippen LogP contribution in [-0.2, 0) is 11.2 Å². The Bertz CT molecular complexity index is 441. The summed E-state index contributed by atoms with van der Waals surface area (Å²) in [4.78, 5) is 12.7. The Balaban J connectivity index is 1.72. The van der Waals surface area contributed by atoms with E-state index >= 15 is 0 Å². The SMILES string of the molecule is CCC1CCCCC1C(=O)C1Cc2ccccc2O1. The van der Waals surface area contributed by atoms with Crippen molar-refractivity contribution in [1.29, 1.82) is 0 Å². The van der Waals surface area contributed by atoms with Crippen LogP contribution in [0.3, 0.4) is 0 Å². The van der Waals surface area contributed by atoms with Crippen LogP contribution in [0.25, 0.3) is 0 Å². The van der Waals surface area contributed by atoms with Crippen LogP contribution < -0.4 is 4.74 Å². The number of benzene rings is 1. The molecule has 0 radical (unpaired) electrons. The molecule has 2 heteroatoms. The van der Waals surface area contributed by atoms with Gasteiger partial charge in [-0.3, -0.25) is 4.79 Å². The number of hydrogen-bond donors (Lipinski definition) is 0. The molecule has 0 N–H and O–H groups in total. The van der Waals surface area contributed by atoms with Crippen molar-refractivity contribution in [3.05, 3.63) is 29.8 Å². The molecule has 0 bridgehead atoms. The van der Waals surface area contributed by atoms with Crippen molar-refractivity contribution in [2.45, 2.75) is 51.6 Å². The molecule has 0 spiro atoms. The molecule has 0 aromatic heterocycles. The van der Waals surface area contributed by atoms with Gasteiger partial charge in [0.25, 0.3) is 0 Å². The number of para-hydroxylation sites is 1. The Morgan fingerprint density at radius 1 is 1.26 bits per heavy atom. The van der Waals surface area contributed by atoms with E-state index in [9.17, 15) is 4.79 Å². The van der Waals surface area contributed by atoms with E-state index in [4.69, 9.17) is 4.74 Å². The van der Waals surface area contributed by atoms with Crippen molar-refractivity contribution in [3.8, 4) is 5.75 Å². The van der Waals surface area contributed by atoms with Gasteiger partial charge in [0.2, 0.25) is 0 Å². The molecule has 19 heavy (non-hydrogen) atoms. The molecule has 0 saturated heterocycles. The third-order valence-electron chi connectivity index (χ3n) is 4.76. The fourth-order valence-corrected chi connectivity index (χ4v) is 3.65. The van der Waals surface area contributed by atoms with Crippen LogP contribution >= 0.6 is 0 Å². The molecular formula is C17H22O2. The first kappa shape index (κ1) is 12.7. The van der Waals surface area contributed by atoms with Gasteiger partial charge < -0.3 is 4.74 Å². The fraction of sp³-hybridized carbons (Fsp3) is 0.588. The minimum atomic E-state index is -0.227. The van der Waals surface area contributed by atoms with Gasteiger partial charge in [0.1, 0.15) is 5.75 Å². The summed E-state index contributed by atoms with van der Waals surface area (Å²) in [6.07, 6.45) is 6.42. The van der Waals surface area contributed by atoms with Crippen molar-refractivity contribution in [3.63, 3.8) is 0 Å². The smallest absolute Gasteiger partial charge is 0.176 e. The maximum Gasteiger partial charge on any atom is 0.176 e. The number of fused-ring (bicyclic) bond motifs is 1. The van der Waals surface area contributed by atoms with Gasteiger partial charge in [0.05, 0.1) is 0 Å². The Morgan fingerprint density at radius 3 is 2.84 bits per heavy atom. The summed E-state index contributed by atoms with van der Waals surface area (Å²) in [5.74, 6) is 2.07. The van der Waals surface area contributed by atoms with Crippen LogP contribution in [0.4, 0.5) is 0 Å². The highest BCUT2D eigenvalue weighted by atomic mass is 16.5. The zero-order valence-corrected chi connectivity index (χ0v) is 11.6. The van der Waals surface area contributed by atoms with Gasteiger partial charge in [0.15, 0.2) is 11.9 Å². The number of ether oxygens (including phenoxy) is 1. The van der Waals surface area contributed by atoms with E-state index in [0.29, 0.717) is 11.7 Å². The molecule has 1 aromatic rings. The predicted octanol–water partition coefficient (Wildman–Crippen LogP) is 3.78. The van der Waals surface area contributed by atoms with Crippen LogP contribution in [0.2, 0.25) is 0 Å². The monoisotopic (exact) mass is 258 g/mol. The summed E-state index contributed by atoms with van der Waals surface area (Å²) in [7, 11) is 0. The van der Waals surface area contributed by atoms with Crippen LogP contribution in [0, 0.1) is 11.8 Å². The summed E-state index contributed by atoms with van der Waals surface area (Å²) < 4.78 is 5.87. The summed E-state index contributed by atoms with van der Waals surface area (Å²) in [6.45, 7) is 2.21. The molecule has 3 rings (SSSR count). The van der Waals surface area contributed by atoms with Crippen molar-refractivity contribution >= 4 is 5.78 Å². The number of rotatable bonds is 3. The highest BCUT2D eigenvalue weighted by molar-refractivity contribution is 5.87. The molecule has 1 aliphatic carbocycles. The third kappa shape index (κ3) is 2.41. The van der Waals surface area contributed by atoms with E-state index in [-0.39, 0.29) is 12.0 Å². The summed E-state index contributed by atoms with van der Waals surface area (Å²) in [5.41, 5.74) is 1.18. The Morgan fingerprint density at radius 2 is 2.05 bits per heavy atom. The van der Waals surface area contributed by atoms with Gasteiger partial charge >= 0.3 is 0 Å². The van der Waals surface area contributed by atoms with Gasteiger partial charge in [-0.1, -0.05) is 44.4 Å². The van der Waals surface area contributed by atoms with Crippen molar-refractivity contribution in [2.24, 2.45) is 11.8 Å². The van der Waals surface area contributed by atoms with Gasteiger partial charge in [0, 0.05) is 12.3 Å². The van der Waals surface area contributed by atoms with Gasteiger partial charge in [-0.05, 0) is 30.4 Å². The molecule has 2 nitrogen and oxygen atoms in total. The van der Waals surface area contributed by atoms with Crippen LogP contribution in [0.15, 0.2) is 24.3 Å². The maximum atomic E-state index is 12.7. The molecule has 3 atom stereocenters. The zero-order chi connectivity index (χ0) is 13.2. The van der Waals surface area contributed by atoms with Crippen LogP contribution in [-0.4, -0.2) is 11.9 Å². The molecule has 102 valence electrons. The highest BCUT2D eigenvalue weighted by Gasteiger charge is 2.37. The van der Waals surface area contributed by atoms with E-state index in [1.807, 2.05) is 18.2 Å². The molecule has 1 fully saturated rings. The largest absolute Gasteiger partial charge is 0.482 e. The molecule has 2 aliphatic rings. The molecule has 1 heterocycles. The lowest BCUT2D eigenvalue weighted by molar-refractivity contribution is -0.132. The first-order valence-corrected chi connectivity index (χ1v) is 7.58. The molecule has 1 aromatic carbocycles. The molecular weight excluding hydrogens is 236 g/mol. The number of ketones is 1. The van der Waals surface area contributed by atoms with Crippen molar-refractivity contribution < 1.29 is 9.53 Å². The highest BCUT2D eigenvalue weighted by Crippen LogP contribution is 2.36. The lowest BCUT2D eigenvalue weighted by Crippen LogP contribution is -2.37. The Kier molecular flexibility index (Phi) is 3.58. The average molecular weight is 258 g/mol. The summed E-state index contributed by atoms with van der Waals surface area (Å²) in [6, 6.07) is 8.03. The first-order chi connectivity index (χ1) is 9.29. The van der Waals surface area contributed by atoms with Gasteiger partial charge in [-0.2, -0.15) is 0 Å². The second-order valence-corrected chi connectivity index (χ2v) is 5.88. The topological polar surface area (TPSA) is 26.3 Å². The van der Waals surface area contributed by atoms with E-state index in [0.717, 1.165) is 25.0 Å². The average Bonchev–Trinajstić information content (AvgIpc) is 2.90. The first-order valence-electron chi connectivity index (χ1n) is 7.58. The number of Topliss-reactive ketones (excluding diaryl/α,β-unsaturated/α-hetero) is 1. The predicted molar refractivity (Wildman–Crippen MR) is 75.3 cm³/mol. The summed E-state index contributed by atoms with van der Waals surface area (Å²) in [5, 5.41) is 0. The second-order valence-electron chi connectivity index (χ2n) is 5.88. The number of hydrogen-bond acceptors (Lipinski definition) is 2. The molecule has 3 unspecified atom stereocenters. The zero-order valence-electron chi connectivity index (χ0n) is 11.6. The second kappa shape index (κ2) is 5.36. The lowest BCUT2D eigenvalue weighted by atomic mass is 9.74. The molecule has 1 saturated carbocycles. The Hall–Kier alpha value is -1.31. The standard InChI is InChI=1S/C17H22O2/c1-2-12-7-3-5-9-14(12)17(18)16-11-13-8-4-6-10-15(13)19-16/h4,6,8,10,12,14,16H,2-3,5,7,9,11H2,1H3. The van der Waals surface area contributed by atoms with E-state index in [1.165, 1.54) is 24.8 Å². The maximum absolute atomic E-state index is 12.7. The van der Waals surface area contributed by atoms with E-state index in [1.54, 1.807) is 0 Å². The summed E-state index contributed by atoms with van der Waals surface area (Å²) >= 11 is 0. The van der Waals surface area contributed by atoms with Gasteiger partial charge in [-0.15, -0.1) is 0 Å². The minimum Gasteiger partial charge on any atom is -0.482 e. The van der Waals surface area contributed by atoms with Gasteiger partial charge in [-0.25, -0.2) is 0 Å². The van der Waals surface area contributed by atoms with Crippen molar-refractivity contribution in [1.82, 2.24) is 0 Å². The fourth-order valence-electron chi connectivity index (χ4n) is 3.65. The molecule has 1 aliphatic heterocycles. The van der Waals surface area contributed by atoms with E-state index in [2.05, 4.69) is 13.0 Å². The van der Waals surface area contributed by atoms with Crippen LogP contribution in [0.5, 0.6) is 5.75 Å². The number of carbonyl (C=O) groups excluding carboxylic acids is 1. The number of carbonyl (C=O) groups is 1. The lowest BCUT2D eigenvalue weighted by Gasteiger charge is -2.31. The van der Waals surface area contributed by atoms with Crippen molar-refractivity contribution in [2.75, 3.05) is 0 Å². The molecule has 0 amide bonds. The quantitative estimate of drug-likeness (QED) is 0.824.